The Kier molecular flexibility index (Phi) is 2.09. The Labute approximate surface area is 78.3 Å². The minimum Gasteiger partial charge on any atom is -0.167 e. The smallest absolute Gasteiger partial charge is 0.167 e. The third-order valence-electron chi connectivity index (χ3n) is 2.04. The van der Waals surface area contributed by atoms with Gasteiger partial charge in [-0.25, -0.2) is 0 Å². The lowest BCUT2D eigenvalue weighted by molar-refractivity contribution is -0.596. The van der Waals surface area contributed by atoms with Crippen LogP contribution in [0.25, 0.3) is 5.69 Å². The van der Waals surface area contributed by atoms with E-state index in [9.17, 15) is 0 Å². The molecule has 1 heterocycles. The Morgan fingerprint density at radius 2 is 1.92 bits per heavy atom. The highest BCUT2D eigenvalue weighted by molar-refractivity contribution is 5.31. The van der Waals surface area contributed by atoms with Crippen LogP contribution in [-0.4, -0.2) is 0 Å². The van der Waals surface area contributed by atoms with E-state index in [4.69, 9.17) is 0 Å². The van der Waals surface area contributed by atoms with Gasteiger partial charge in [0.2, 0.25) is 5.69 Å². The fourth-order valence-electron chi connectivity index (χ4n) is 1.35. The normalized spacial score (nSPS) is 9.92. The maximum absolute atomic E-state index is 3.06. The van der Waals surface area contributed by atoms with E-state index in [0.29, 0.717) is 0 Å². The van der Waals surface area contributed by atoms with Crippen molar-refractivity contribution in [1.29, 1.82) is 0 Å². The highest BCUT2D eigenvalue weighted by atomic mass is 14.9. The second-order valence-electron chi connectivity index (χ2n) is 3.00. The van der Waals surface area contributed by atoms with Gasteiger partial charge >= 0.3 is 0 Å². The zero-order valence-electron chi connectivity index (χ0n) is 7.57. The predicted octanol–water partition coefficient (Wildman–Crippen LogP) is 2.07. The zero-order chi connectivity index (χ0) is 9.10. The van der Waals surface area contributed by atoms with Crippen LogP contribution in [-0.2, 0) is 0 Å². The van der Waals surface area contributed by atoms with Crippen LogP contribution in [0.4, 0.5) is 0 Å². The molecule has 0 bridgehead atoms. The molecular formula is C12H11N+. The monoisotopic (exact) mass is 169 g/mol. The van der Waals surface area contributed by atoms with Crippen LogP contribution in [0.2, 0.25) is 0 Å². The summed E-state index contributed by atoms with van der Waals surface area (Å²) in [5.41, 5.74) is 2.44. The van der Waals surface area contributed by atoms with E-state index >= 15 is 0 Å². The van der Waals surface area contributed by atoms with Crippen LogP contribution in [0.1, 0.15) is 5.56 Å². The minimum atomic E-state index is 1.21. The summed E-state index contributed by atoms with van der Waals surface area (Å²) in [6.45, 7) is 2.09. The number of hydrogen-bond donors (Lipinski definition) is 0. The molecule has 1 aromatic heterocycles. The van der Waals surface area contributed by atoms with Crippen molar-refractivity contribution in [2.45, 2.75) is 6.92 Å². The Hall–Kier alpha value is -1.63. The summed E-state index contributed by atoms with van der Waals surface area (Å²) in [5, 5.41) is 0. The van der Waals surface area contributed by atoms with Crippen LogP contribution in [0.5, 0.6) is 0 Å². The van der Waals surface area contributed by atoms with Gasteiger partial charge in [0, 0.05) is 23.8 Å². The summed E-state index contributed by atoms with van der Waals surface area (Å²) >= 11 is 0. The van der Waals surface area contributed by atoms with Gasteiger partial charge in [-0.3, -0.25) is 0 Å². The van der Waals surface area contributed by atoms with Gasteiger partial charge in [0.1, 0.15) is 0 Å². The van der Waals surface area contributed by atoms with E-state index in [-0.39, 0.29) is 0 Å². The molecular weight excluding hydrogens is 158 g/mol. The number of hydrogen-bond acceptors (Lipinski definition) is 0. The largest absolute Gasteiger partial charge is 0.213 e. The van der Waals surface area contributed by atoms with Gasteiger partial charge in [0.05, 0.1) is 0 Å². The van der Waals surface area contributed by atoms with E-state index in [2.05, 4.69) is 23.6 Å². The quantitative estimate of drug-likeness (QED) is 0.575. The molecule has 0 spiro atoms. The summed E-state index contributed by atoms with van der Waals surface area (Å²) in [6.07, 6.45) is 4.09. The number of pyridine rings is 1. The lowest BCUT2D eigenvalue weighted by atomic mass is 10.2. The number of benzene rings is 1. The molecule has 0 unspecified atom stereocenters. The van der Waals surface area contributed by atoms with Gasteiger partial charge in [0.25, 0.3) is 0 Å². The Bertz CT molecular complexity index is 393. The summed E-state index contributed by atoms with van der Waals surface area (Å²) in [7, 11) is 0. The number of nitrogens with zero attached hydrogens (tertiary/aromatic N) is 1. The fourth-order valence-corrected chi connectivity index (χ4v) is 1.35. The molecule has 0 aliphatic rings. The maximum atomic E-state index is 3.06. The predicted molar refractivity (Wildman–Crippen MR) is 51.5 cm³/mol. The third kappa shape index (κ3) is 1.59. The first kappa shape index (κ1) is 7.99. The first-order valence-electron chi connectivity index (χ1n) is 4.31. The van der Waals surface area contributed by atoms with Gasteiger partial charge < -0.3 is 0 Å². The summed E-state index contributed by atoms with van der Waals surface area (Å²) in [5.74, 6) is 0. The van der Waals surface area contributed by atoms with E-state index in [1.807, 2.05) is 42.7 Å². The molecule has 13 heavy (non-hydrogen) atoms. The topological polar surface area (TPSA) is 3.88 Å². The van der Waals surface area contributed by atoms with Crippen molar-refractivity contribution in [2.75, 3.05) is 0 Å². The first-order valence-corrected chi connectivity index (χ1v) is 4.31. The van der Waals surface area contributed by atoms with Crippen molar-refractivity contribution < 1.29 is 4.57 Å². The standard InChI is InChI=1S/C12H11N/c1-11-7-3-4-8-12(11)13-9-5-2-6-10-13/h2,4-10H,1H3/q+1. The van der Waals surface area contributed by atoms with E-state index in [1.54, 1.807) is 0 Å². The second kappa shape index (κ2) is 3.40. The fraction of sp³-hybridized carbons (Fsp3) is 0.0833. The molecule has 0 fully saturated rings. The zero-order valence-corrected chi connectivity index (χ0v) is 7.57. The maximum Gasteiger partial charge on any atom is 0.213 e. The average molecular weight is 169 g/mol. The number of aryl methyl sites for hydroxylation is 1. The van der Waals surface area contributed by atoms with E-state index < -0.39 is 0 Å². The molecule has 0 atom stereocenters. The van der Waals surface area contributed by atoms with Crippen molar-refractivity contribution in [1.82, 2.24) is 0 Å². The second-order valence-corrected chi connectivity index (χ2v) is 3.00. The minimum absolute atomic E-state index is 1.21. The first-order chi connectivity index (χ1) is 6.38. The number of rotatable bonds is 1. The molecule has 0 amide bonds. The van der Waals surface area contributed by atoms with Gasteiger partial charge in [-0.1, -0.05) is 6.07 Å². The molecule has 2 rings (SSSR count). The van der Waals surface area contributed by atoms with Crippen LogP contribution < -0.4 is 4.57 Å². The molecule has 63 valence electrons. The molecule has 0 aliphatic carbocycles. The molecule has 0 aliphatic heterocycles. The van der Waals surface area contributed by atoms with Crippen LogP contribution in [0, 0.1) is 13.0 Å². The van der Waals surface area contributed by atoms with Crippen LogP contribution in [0.15, 0.2) is 48.8 Å². The average Bonchev–Trinajstić information content (AvgIpc) is 2.20. The van der Waals surface area contributed by atoms with Crippen molar-refractivity contribution in [3.8, 4) is 5.69 Å². The molecule has 1 nitrogen and oxygen atoms in total. The lowest BCUT2D eigenvalue weighted by Crippen LogP contribution is -2.29. The Balaban J connectivity index is 2.54. The lowest BCUT2D eigenvalue weighted by Gasteiger charge is -1.97. The molecule has 2 aromatic rings. The summed E-state index contributed by atoms with van der Waals surface area (Å²) in [6, 6.07) is 15.1. The van der Waals surface area contributed by atoms with Crippen LogP contribution >= 0.6 is 0 Å². The third-order valence-corrected chi connectivity index (χ3v) is 2.04. The number of aromatic nitrogens is 1. The Morgan fingerprint density at radius 3 is 2.62 bits per heavy atom. The van der Waals surface area contributed by atoms with Crippen molar-refractivity contribution >= 4 is 0 Å². The van der Waals surface area contributed by atoms with Crippen molar-refractivity contribution in [3.63, 3.8) is 0 Å². The highest BCUT2D eigenvalue weighted by Crippen LogP contribution is 2.04. The molecule has 0 saturated carbocycles. The molecule has 0 N–H and O–H groups in total. The van der Waals surface area contributed by atoms with Gasteiger partial charge in [0.15, 0.2) is 12.4 Å². The molecule has 1 aromatic carbocycles. The summed E-state index contributed by atoms with van der Waals surface area (Å²) in [4.78, 5) is 0. The SMILES string of the molecule is Cc1c[c]ccc1-[n+]1ccccc1. The van der Waals surface area contributed by atoms with Gasteiger partial charge in [-0.15, -0.1) is 0 Å². The molecule has 1 heteroatoms. The molecule has 1 radical (unpaired) electrons. The van der Waals surface area contributed by atoms with E-state index in [0.717, 1.165) is 0 Å². The highest BCUT2D eigenvalue weighted by Gasteiger charge is 2.05. The Morgan fingerprint density at radius 1 is 1.15 bits per heavy atom. The van der Waals surface area contributed by atoms with Gasteiger partial charge in [-0.05, 0) is 25.1 Å². The van der Waals surface area contributed by atoms with Crippen LogP contribution in [0.3, 0.4) is 0 Å². The molecule has 0 saturated heterocycles. The van der Waals surface area contributed by atoms with Crippen molar-refractivity contribution in [2.24, 2.45) is 0 Å². The summed E-state index contributed by atoms with van der Waals surface area (Å²) < 4.78 is 2.10. The van der Waals surface area contributed by atoms with E-state index in [1.165, 1.54) is 11.3 Å². The van der Waals surface area contributed by atoms with Gasteiger partial charge in [-0.2, -0.15) is 4.57 Å². The van der Waals surface area contributed by atoms with Crippen molar-refractivity contribution in [3.05, 3.63) is 60.4 Å².